The van der Waals surface area contributed by atoms with Crippen LogP contribution in [-0.4, -0.2) is 27.6 Å². The molecule has 92 valence electrons. The topological polar surface area (TPSA) is 89.1 Å². The molecule has 1 heterocycles. The highest BCUT2D eigenvalue weighted by atomic mass is 16.4. The number of hydrogen-bond donors (Lipinski definition) is 2. The van der Waals surface area contributed by atoms with Crippen LogP contribution in [0.3, 0.4) is 0 Å². The number of rotatable bonds is 6. The van der Waals surface area contributed by atoms with Gasteiger partial charge in [0.15, 0.2) is 0 Å². The Kier molecular flexibility index (Phi) is 3.38. The number of carbonyl (C=O) groups is 1. The van der Waals surface area contributed by atoms with E-state index in [2.05, 4.69) is 9.97 Å². The van der Waals surface area contributed by atoms with Crippen LogP contribution in [0.4, 0.5) is 0 Å². The fourth-order valence-corrected chi connectivity index (χ4v) is 2.08. The Morgan fingerprint density at radius 2 is 2.12 bits per heavy atom. The smallest absolute Gasteiger partial charge is 0.311 e. The predicted octanol–water partition coefficient (Wildman–Crippen LogP) is 0.849. The lowest BCUT2D eigenvalue weighted by Crippen LogP contribution is -2.41. The lowest BCUT2D eigenvalue weighted by atomic mass is 9.79. The van der Waals surface area contributed by atoms with Crippen LogP contribution in [-0.2, 0) is 11.2 Å². The molecule has 0 bridgehead atoms. The van der Waals surface area contributed by atoms with Crippen molar-refractivity contribution in [1.82, 2.24) is 9.97 Å². The first-order chi connectivity index (χ1) is 8.16. The molecule has 1 atom stereocenters. The van der Waals surface area contributed by atoms with Gasteiger partial charge in [0.25, 0.3) is 0 Å². The molecule has 0 aromatic carbocycles. The van der Waals surface area contributed by atoms with E-state index < -0.39 is 11.4 Å². The summed E-state index contributed by atoms with van der Waals surface area (Å²) in [6, 6.07) is 1.72. The minimum atomic E-state index is -0.900. The van der Waals surface area contributed by atoms with E-state index in [0.717, 1.165) is 12.8 Å². The van der Waals surface area contributed by atoms with Crippen molar-refractivity contribution in [3.8, 4) is 0 Å². The summed E-state index contributed by atoms with van der Waals surface area (Å²) in [4.78, 5) is 19.7. The molecule has 3 N–H and O–H groups in total. The highest BCUT2D eigenvalue weighted by Crippen LogP contribution is 2.41. The second-order valence-corrected chi connectivity index (χ2v) is 4.78. The first-order valence-corrected chi connectivity index (χ1v) is 5.86. The predicted molar refractivity (Wildman–Crippen MR) is 62.2 cm³/mol. The second kappa shape index (κ2) is 4.79. The van der Waals surface area contributed by atoms with E-state index in [1.807, 2.05) is 0 Å². The molecule has 2 rings (SSSR count). The van der Waals surface area contributed by atoms with E-state index in [9.17, 15) is 9.90 Å². The van der Waals surface area contributed by atoms with Gasteiger partial charge in [-0.2, -0.15) is 0 Å². The zero-order valence-corrected chi connectivity index (χ0v) is 9.67. The number of carboxylic acids is 1. The van der Waals surface area contributed by atoms with Gasteiger partial charge in [0.2, 0.25) is 0 Å². The molecule has 0 saturated heterocycles. The third-order valence-electron chi connectivity index (χ3n) is 3.34. The number of nitrogens with zero attached hydrogens (tertiary/aromatic N) is 2. The average molecular weight is 235 g/mol. The molecule has 1 aromatic rings. The number of hydrogen-bond acceptors (Lipinski definition) is 4. The fraction of sp³-hybridized carbons (Fsp3) is 0.583. The fourth-order valence-electron chi connectivity index (χ4n) is 2.08. The summed E-state index contributed by atoms with van der Waals surface area (Å²) in [5.74, 6) is 0.235. The molecular weight excluding hydrogens is 218 g/mol. The monoisotopic (exact) mass is 235 g/mol. The summed E-state index contributed by atoms with van der Waals surface area (Å²) in [6.07, 6.45) is 6.44. The minimum absolute atomic E-state index is 0.136. The normalized spacial score (nSPS) is 18.6. The van der Waals surface area contributed by atoms with E-state index in [4.69, 9.17) is 5.73 Å². The second-order valence-electron chi connectivity index (χ2n) is 4.78. The van der Waals surface area contributed by atoms with Crippen LogP contribution in [0.15, 0.2) is 18.5 Å². The van der Waals surface area contributed by atoms with Crippen LogP contribution < -0.4 is 5.73 Å². The average Bonchev–Trinajstić information content (AvgIpc) is 3.13. The molecule has 1 fully saturated rings. The third-order valence-corrected chi connectivity index (χ3v) is 3.34. The Bertz CT molecular complexity index is 392. The van der Waals surface area contributed by atoms with Crippen molar-refractivity contribution in [3.05, 3.63) is 24.3 Å². The summed E-state index contributed by atoms with van der Waals surface area (Å²) in [7, 11) is 0. The van der Waals surface area contributed by atoms with Gasteiger partial charge in [-0.3, -0.25) is 4.79 Å². The lowest BCUT2D eigenvalue weighted by molar-refractivity contribution is -0.149. The summed E-state index contributed by atoms with van der Waals surface area (Å²) >= 11 is 0. The summed E-state index contributed by atoms with van der Waals surface area (Å²) in [5, 5.41) is 9.43. The molecule has 1 aliphatic carbocycles. The Morgan fingerprint density at radius 1 is 1.47 bits per heavy atom. The van der Waals surface area contributed by atoms with Gasteiger partial charge in [0.05, 0.1) is 5.41 Å². The van der Waals surface area contributed by atoms with Gasteiger partial charge in [0, 0.05) is 25.4 Å². The molecular formula is C12H17N3O2. The SMILES string of the molecule is NCC(Cc1ncccn1)(CC1CC1)C(=O)O. The van der Waals surface area contributed by atoms with Gasteiger partial charge in [-0.15, -0.1) is 0 Å². The summed E-state index contributed by atoms with van der Waals surface area (Å²) in [5.41, 5.74) is 4.80. The Morgan fingerprint density at radius 3 is 2.59 bits per heavy atom. The number of carboxylic acid groups (broad SMARTS) is 1. The van der Waals surface area contributed by atoms with Gasteiger partial charge in [-0.1, -0.05) is 12.8 Å². The van der Waals surface area contributed by atoms with Crippen molar-refractivity contribution in [3.63, 3.8) is 0 Å². The molecule has 1 aromatic heterocycles. The summed E-state index contributed by atoms with van der Waals surface area (Å²) < 4.78 is 0. The highest BCUT2D eigenvalue weighted by Gasteiger charge is 2.42. The van der Waals surface area contributed by atoms with Gasteiger partial charge < -0.3 is 10.8 Å². The summed E-state index contributed by atoms with van der Waals surface area (Å²) in [6.45, 7) is 0.136. The zero-order chi connectivity index (χ0) is 12.3. The zero-order valence-electron chi connectivity index (χ0n) is 9.67. The molecule has 17 heavy (non-hydrogen) atoms. The Balaban J connectivity index is 2.16. The van der Waals surface area contributed by atoms with Gasteiger partial charge in [-0.25, -0.2) is 9.97 Å². The molecule has 0 aliphatic heterocycles. The number of aromatic nitrogens is 2. The molecule has 1 unspecified atom stereocenters. The van der Waals surface area contributed by atoms with Crippen LogP contribution in [0.25, 0.3) is 0 Å². The highest BCUT2D eigenvalue weighted by molar-refractivity contribution is 5.75. The molecule has 0 amide bonds. The van der Waals surface area contributed by atoms with E-state index in [1.165, 1.54) is 0 Å². The van der Waals surface area contributed by atoms with Crippen molar-refractivity contribution < 1.29 is 9.90 Å². The molecule has 1 aliphatic rings. The van der Waals surface area contributed by atoms with E-state index in [-0.39, 0.29) is 6.54 Å². The first-order valence-electron chi connectivity index (χ1n) is 5.86. The maximum Gasteiger partial charge on any atom is 0.311 e. The van der Waals surface area contributed by atoms with Crippen molar-refractivity contribution in [2.45, 2.75) is 25.7 Å². The lowest BCUT2D eigenvalue weighted by Gasteiger charge is -2.27. The molecule has 1 saturated carbocycles. The quantitative estimate of drug-likeness (QED) is 0.763. The van der Waals surface area contributed by atoms with E-state index in [1.54, 1.807) is 18.5 Å². The van der Waals surface area contributed by atoms with E-state index >= 15 is 0 Å². The minimum Gasteiger partial charge on any atom is -0.481 e. The Hall–Kier alpha value is -1.49. The van der Waals surface area contributed by atoms with Gasteiger partial charge in [0.1, 0.15) is 5.82 Å². The van der Waals surface area contributed by atoms with Gasteiger partial charge >= 0.3 is 5.97 Å². The van der Waals surface area contributed by atoms with Gasteiger partial charge in [-0.05, 0) is 18.4 Å². The standard InChI is InChI=1S/C12H17N3O2/c13-8-12(11(16)17,6-9-2-3-9)7-10-14-4-1-5-15-10/h1,4-5,9H,2-3,6-8,13H2,(H,16,17). The molecule has 0 spiro atoms. The Labute approximate surface area is 100 Å². The van der Waals surface area contributed by atoms with Crippen molar-refractivity contribution in [2.24, 2.45) is 17.1 Å². The number of aliphatic carboxylic acids is 1. The maximum absolute atomic E-state index is 11.5. The van der Waals surface area contributed by atoms with Crippen molar-refractivity contribution >= 4 is 5.97 Å². The molecule has 5 heteroatoms. The first kappa shape index (κ1) is 12.0. The maximum atomic E-state index is 11.5. The van der Waals surface area contributed by atoms with Crippen molar-refractivity contribution in [1.29, 1.82) is 0 Å². The number of nitrogens with two attached hydrogens (primary N) is 1. The molecule has 0 radical (unpaired) electrons. The van der Waals surface area contributed by atoms with Crippen LogP contribution in [0, 0.1) is 11.3 Å². The van der Waals surface area contributed by atoms with E-state index in [0.29, 0.717) is 24.6 Å². The van der Waals surface area contributed by atoms with Crippen LogP contribution in [0.1, 0.15) is 25.1 Å². The van der Waals surface area contributed by atoms with Crippen LogP contribution in [0.2, 0.25) is 0 Å². The van der Waals surface area contributed by atoms with Crippen LogP contribution in [0.5, 0.6) is 0 Å². The molecule has 5 nitrogen and oxygen atoms in total. The van der Waals surface area contributed by atoms with Crippen LogP contribution >= 0.6 is 0 Å². The largest absolute Gasteiger partial charge is 0.481 e. The van der Waals surface area contributed by atoms with Crippen molar-refractivity contribution in [2.75, 3.05) is 6.54 Å². The third kappa shape index (κ3) is 2.79.